The van der Waals surface area contributed by atoms with Gasteiger partial charge in [-0.15, -0.1) is 0 Å². The fourth-order valence-electron chi connectivity index (χ4n) is 20.3. The molecule has 0 saturated heterocycles. The van der Waals surface area contributed by atoms with Gasteiger partial charge < -0.3 is 43.7 Å². The van der Waals surface area contributed by atoms with Gasteiger partial charge in [0.25, 0.3) is 11.5 Å². The van der Waals surface area contributed by atoms with Crippen molar-refractivity contribution >= 4 is 43.6 Å². The number of phenolic OH excluding ortho intramolecular Hbond substituents is 2. The molecule has 112 heavy (non-hydrogen) atoms. The molecule has 2 heterocycles. The van der Waals surface area contributed by atoms with Gasteiger partial charge in [-0.1, -0.05) is 256 Å². The Morgan fingerprint density at radius 3 is 0.741 bits per heavy atom. The second-order valence-electron chi connectivity index (χ2n) is 44.5. The number of halogens is 2. The first-order valence-corrected chi connectivity index (χ1v) is 40.6. The van der Waals surface area contributed by atoms with Gasteiger partial charge >= 0.3 is 0 Å². The summed E-state index contributed by atoms with van der Waals surface area (Å²) in [6, 6.07) is 42.5. The molecule has 8 aromatic carbocycles. The van der Waals surface area contributed by atoms with Crippen LogP contribution in [-0.2, 0) is 58.3 Å². The number of rotatable bonds is 22. The largest absolute Gasteiger partial charge is 0.582 e. The molecular weight excluding hydrogens is 1550 g/mol. The van der Waals surface area contributed by atoms with Crippen molar-refractivity contribution in [3.05, 3.63) is 192 Å². The Balaban J connectivity index is 0.00000580. The zero-order chi connectivity index (χ0) is 81.2. The average Bonchev–Trinajstić information content (AvgIpc) is 1.55. The van der Waals surface area contributed by atoms with Crippen LogP contribution >= 0.6 is 0 Å². The molecule has 10 rings (SSSR count). The number of nitrogens with zero attached hydrogens (tertiary/aromatic N) is 2. The Morgan fingerprint density at radius 1 is 0.295 bits per heavy atom. The summed E-state index contributed by atoms with van der Waals surface area (Å²) in [7, 11) is 0. The van der Waals surface area contributed by atoms with Crippen LogP contribution in [0.3, 0.4) is 0 Å². The molecule has 608 valence electrons. The fourth-order valence-corrected chi connectivity index (χ4v) is 20.3. The molecule has 0 fully saturated rings. The Hall–Kier alpha value is -6.71. The third kappa shape index (κ3) is 20.6. The first kappa shape index (κ1) is 92.5. The van der Waals surface area contributed by atoms with Crippen molar-refractivity contribution in [3.8, 4) is 56.6 Å². The minimum atomic E-state index is -0.417. The topological polar surface area (TPSA) is 75.9 Å². The summed E-state index contributed by atoms with van der Waals surface area (Å²) in [6.07, 6.45) is 6.02. The molecule has 0 aliphatic rings. The van der Waals surface area contributed by atoms with Gasteiger partial charge in [0.1, 0.15) is 29.6 Å². The molecule has 0 aliphatic heterocycles. The van der Waals surface area contributed by atoms with E-state index in [1.54, 1.807) is 12.1 Å². The van der Waals surface area contributed by atoms with Crippen LogP contribution in [0.25, 0.3) is 77.2 Å². The number of hydrogen-bond donors (Lipinski definition) is 2. The van der Waals surface area contributed by atoms with Crippen LogP contribution < -0.4 is 0 Å². The number of benzene rings is 8. The molecule has 0 radical (unpaired) electrons. The minimum absolute atomic E-state index is 0. The molecule has 0 bridgehead atoms. The molecule has 0 amide bonds. The molecule has 6 nitrogen and oxygen atoms in total. The summed E-state index contributed by atoms with van der Waals surface area (Å²) in [6.45, 7) is 73.7. The van der Waals surface area contributed by atoms with E-state index in [9.17, 15) is 10.2 Å². The van der Waals surface area contributed by atoms with Crippen LogP contribution in [0.2, 0.25) is 0 Å². The number of aromatic hydroxyl groups is 4. The maximum absolute atomic E-state index is 16.7. The molecule has 0 spiro atoms. The van der Waals surface area contributed by atoms with E-state index < -0.39 is 22.5 Å². The Labute approximate surface area is 695 Å². The summed E-state index contributed by atoms with van der Waals surface area (Å²) < 4.78 is 48.7. The van der Waals surface area contributed by atoms with Crippen molar-refractivity contribution < 1.29 is 54.3 Å². The third-order valence-electron chi connectivity index (χ3n) is 22.7. The SMILES string of the molecule is Cc1cc(F)cc(-c2cc(C(C)(C)CC(C)(C)C)cc(-n3c4cc(C(C)(C)CC(C)(C)C)ccc4c4ccc(C(C)(C)CC(C)(C)C)cc43)c2O)c1[OH+]CCC[OH+]c1c(C)cc(F)cc1-c1cc(C(C)(C)CC(C)(C)C)cc(-n2c3cc(C(C)(C)CC(C)(C)C)ccc3c3ccc(C(C)(C)CC(C)(C)C)cc32)c1O.[CH3-].[CH3-].[Hf]. The Morgan fingerprint density at radius 2 is 0.518 bits per heavy atom. The van der Waals surface area contributed by atoms with Gasteiger partial charge in [-0.25, -0.2) is 8.78 Å². The molecule has 0 aliphatic carbocycles. The van der Waals surface area contributed by atoms with Crippen LogP contribution in [0.15, 0.2) is 121 Å². The van der Waals surface area contributed by atoms with Crippen molar-refractivity contribution in [3.63, 3.8) is 0 Å². The number of aromatic nitrogens is 2. The van der Waals surface area contributed by atoms with Gasteiger partial charge in [0, 0.05) is 69.6 Å². The number of aliphatic hydroxyl groups is 2. The maximum Gasteiger partial charge on any atom is 0.265 e. The molecular formula is C103H144F2HfN2O4. The summed E-state index contributed by atoms with van der Waals surface area (Å²) in [4.78, 5) is 0. The number of hydrogen-bond acceptors (Lipinski definition) is 2. The van der Waals surface area contributed by atoms with Gasteiger partial charge in [-0.05, 0) is 224 Å². The van der Waals surface area contributed by atoms with Gasteiger partial charge in [-0.2, -0.15) is 0 Å². The number of aryl methyl sites for hydroxylation is 2. The number of phenols is 2. The molecule has 4 N–H and O–H groups in total. The predicted molar refractivity (Wildman–Crippen MR) is 478 cm³/mol. The van der Waals surface area contributed by atoms with E-state index in [0.29, 0.717) is 75.9 Å². The van der Waals surface area contributed by atoms with Crippen molar-refractivity contribution in [1.29, 1.82) is 0 Å². The van der Waals surface area contributed by atoms with Crippen LogP contribution in [-0.4, -0.2) is 42.0 Å². The first-order valence-electron chi connectivity index (χ1n) is 40.6. The molecule has 9 heteroatoms. The number of ether oxygens (including phenoxy) is 2. The molecule has 0 unspecified atom stereocenters. The van der Waals surface area contributed by atoms with Gasteiger partial charge in [-0.3, -0.25) is 0 Å². The van der Waals surface area contributed by atoms with Gasteiger partial charge in [0.15, 0.2) is 13.2 Å². The smallest absolute Gasteiger partial charge is 0.265 e. The summed E-state index contributed by atoms with van der Waals surface area (Å²) in [5, 5.41) is 31.6. The normalized spacial score (nSPS) is 13.4. The summed E-state index contributed by atoms with van der Waals surface area (Å²) >= 11 is 0. The minimum Gasteiger partial charge on any atom is -0.582 e. The molecule has 10 aromatic rings. The monoisotopic (exact) mass is 1690 g/mol. The van der Waals surface area contributed by atoms with Crippen LogP contribution in [0, 0.1) is 72.8 Å². The van der Waals surface area contributed by atoms with Crippen LogP contribution in [0.5, 0.6) is 23.0 Å². The maximum atomic E-state index is 16.7. The van der Waals surface area contributed by atoms with E-state index in [4.69, 9.17) is 9.47 Å². The second kappa shape index (κ2) is 32.1. The quantitative estimate of drug-likeness (QED) is 0.0307. The predicted octanol–water partition coefficient (Wildman–Crippen LogP) is 30.3. The second-order valence-corrected chi connectivity index (χ2v) is 44.5. The third-order valence-corrected chi connectivity index (χ3v) is 22.7. The van der Waals surface area contributed by atoms with Crippen molar-refractivity contribution in [2.24, 2.45) is 32.5 Å². The van der Waals surface area contributed by atoms with E-state index in [2.05, 4.69) is 314 Å². The van der Waals surface area contributed by atoms with Crippen LogP contribution in [0.1, 0.15) is 297 Å². The van der Waals surface area contributed by atoms with Crippen LogP contribution in [0.4, 0.5) is 8.78 Å². The fraction of sp³-hybridized carbons (Fsp3) is 0.515. The van der Waals surface area contributed by atoms with Crippen molar-refractivity contribution in [2.75, 3.05) is 13.2 Å². The molecule has 0 saturated carbocycles. The van der Waals surface area contributed by atoms with E-state index in [0.717, 1.165) is 93.3 Å². The van der Waals surface area contributed by atoms with E-state index in [-0.39, 0.29) is 106 Å². The Bertz CT molecular complexity index is 4590. The first-order chi connectivity index (χ1) is 49.7. The zero-order valence-corrected chi connectivity index (χ0v) is 79.4. The van der Waals surface area contributed by atoms with Gasteiger partial charge in [0.05, 0.1) is 44.6 Å². The standard InChI is InChI=1S/C101H136F2N2O4.2CH3.Hf/c1-62-44-70(102)54-78(76-46-68(100(29,30)60-94(15,16)17)52-84(86(76)106)104-80-48-64(96(21,22)56-90(3,4)5)34-38-72(80)73-39-35-65(49-81(73)104)97(23,24)57-91(6,7)8)88(62)108-42-33-43-109-89-63(2)45-71(103)55-79(89)77-47-69(101(31,32)61-95(18,19)20)53-85(87(77)107)105-82-50-66(98(25,26)58-92(9,10)11)36-40-74(82)75-41-37-67(51-83(75)105)99(27,28)59-93(12,13)14;;;/h34-41,44-55,106-107H,33,42-43,56-61H2,1-32H3;2*1H3;/q;2*-1;/p+2. The van der Waals surface area contributed by atoms with E-state index in [1.165, 1.54) is 34.4 Å². The molecule has 0 atom stereocenters. The summed E-state index contributed by atoms with van der Waals surface area (Å²) in [5.41, 5.74) is 14.2. The molecule has 2 aromatic heterocycles. The van der Waals surface area contributed by atoms with E-state index >= 15 is 8.78 Å². The Kier molecular flexibility index (Phi) is 26.5. The summed E-state index contributed by atoms with van der Waals surface area (Å²) in [5.74, 6) is 0.457. The van der Waals surface area contributed by atoms with E-state index in [1.807, 2.05) is 13.8 Å². The van der Waals surface area contributed by atoms with Crippen molar-refractivity contribution in [2.45, 2.75) is 299 Å². The van der Waals surface area contributed by atoms with Crippen molar-refractivity contribution in [1.82, 2.24) is 9.13 Å². The average molecular weight is 1690 g/mol. The number of fused-ring (bicyclic) bond motifs is 6. The van der Waals surface area contributed by atoms with Gasteiger partial charge in [0.2, 0.25) is 0 Å². The zero-order valence-electron chi connectivity index (χ0n) is 75.9.